The molecule has 0 unspecified atom stereocenters. The van der Waals surface area contributed by atoms with E-state index in [2.05, 4.69) is 20.7 Å². The summed E-state index contributed by atoms with van der Waals surface area (Å²) < 4.78 is 32.7. The summed E-state index contributed by atoms with van der Waals surface area (Å²) in [6.45, 7) is 2.62. The number of benzene rings is 1. The Bertz CT molecular complexity index is 552. The van der Waals surface area contributed by atoms with Crippen LogP contribution in [-0.2, 0) is 21.3 Å². The van der Waals surface area contributed by atoms with Crippen molar-refractivity contribution in [3.05, 3.63) is 28.2 Å². The molecule has 120 valence electrons. The SMILES string of the molecule is COCCN(C)CCNS(=O)(=O)c1cc(CN)ccc1Br. The number of hydrogen-bond donors (Lipinski definition) is 2. The molecule has 0 saturated heterocycles. The van der Waals surface area contributed by atoms with E-state index in [1.165, 1.54) is 0 Å². The first-order chi connectivity index (χ1) is 9.90. The van der Waals surface area contributed by atoms with E-state index in [1.807, 2.05) is 11.9 Å². The average molecular weight is 380 g/mol. The average Bonchev–Trinajstić information content (AvgIpc) is 2.45. The lowest BCUT2D eigenvalue weighted by Crippen LogP contribution is -2.34. The Labute approximate surface area is 134 Å². The van der Waals surface area contributed by atoms with Crippen molar-refractivity contribution < 1.29 is 13.2 Å². The molecule has 0 heterocycles. The zero-order valence-corrected chi connectivity index (χ0v) is 14.7. The van der Waals surface area contributed by atoms with Gasteiger partial charge in [0.25, 0.3) is 0 Å². The van der Waals surface area contributed by atoms with Crippen molar-refractivity contribution in [3.63, 3.8) is 0 Å². The molecule has 0 spiro atoms. The number of methoxy groups -OCH3 is 1. The molecule has 6 nitrogen and oxygen atoms in total. The first-order valence-electron chi connectivity index (χ1n) is 6.56. The standard InChI is InChI=1S/C13H22BrN3O3S/c1-17(7-8-20-2)6-5-16-21(18,19)13-9-11(10-15)3-4-12(13)14/h3-4,9,16H,5-8,10,15H2,1-2H3. The molecule has 0 aliphatic carbocycles. The highest BCUT2D eigenvalue weighted by molar-refractivity contribution is 9.10. The second-order valence-electron chi connectivity index (χ2n) is 4.66. The third-order valence-electron chi connectivity index (χ3n) is 2.98. The Morgan fingerprint density at radius 2 is 2.10 bits per heavy atom. The zero-order valence-electron chi connectivity index (χ0n) is 12.3. The molecule has 0 aliphatic heterocycles. The van der Waals surface area contributed by atoms with Crippen LogP contribution >= 0.6 is 15.9 Å². The predicted molar refractivity (Wildman–Crippen MR) is 86.6 cm³/mol. The van der Waals surface area contributed by atoms with E-state index < -0.39 is 10.0 Å². The molecule has 1 aromatic carbocycles. The fraction of sp³-hybridized carbons (Fsp3) is 0.538. The summed E-state index contributed by atoms with van der Waals surface area (Å²) in [6, 6.07) is 5.07. The van der Waals surface area contributed by atoms with Crippen molar-refractivity contribution >= 4 is 26.0 Å². The van der Waals surface area contributed by atoms with E-state index in [1.54, 1.807) is 25.3 Å². The first-order valence-corrected chi connectivity index (χ1v) is 8.84. The van der Waals surface area contributed by atoms with E-state index in [0.29, 0.717) is 30.7 Å². The molecule has 8 heteroatoms. The van der Waals surface area contributed by atoms with Gasteiger partial charge in [0.15, 0.2) is 0 Å². The fourth-order valence-corrected chi connectivity index (χ4v) is 3.72. The van der Waals surface area contributed by atoms with Crippen LogP contribution in [0.1, 0.15) is 5.56 Å². The van der Waals surface area contributed by atoms with Gasteiger partial charge < -0.3 is 15.4 Å². The van der Waals surface area contributed by atoms with Gasteiger partial charge in [0.2, 0.25) is 10.0 Å². The Morgan fingerprint density at radius 3 is 2.71 bits per heavy atom. The van der Waals surface area contributed by atoms with Gasteiger partial charge in [-0.2, -0.15) is 0 Å². The van der Waals surface area contributed by atoms with Gasteiger partial charge in [0.05, 0.1) is 11.5 Å². The molecule has 0 aliphatic rings. The van der Waals surface area contributed by atoms with Gasteiger partial charge in [0, 0.05) is 37.8 Å². The lowest BCUT2D eigenvalue weighted by atomic mass is 10.2. The number of nitrogens with two attached hydrogens (primary N) is 1. The largest absolute Gasteiger partial charge is 0.383 e. The third kappa shape index (κ3) is 6.01. The minimum absolute atomic E-state index is 0.213. The second kappa shape index (κ2) is 8.82. The lowest BCUT2D eigenvalue weighted by molar-refractivity contribution is 0.162. The van der Waals surface area contributed by atoms with Crippen LogP contribution in [0.15, 0.2) is 27.6 Å². The van der Waals surface area contributed by atoms with Gasteiger partial charge in [0.1, 0.15) is 0 Å². The smallest absolute Gasteiger partial charge is 0.241 e. The topological polar surface area (TPSA) is 84.7 Å². The van der Waals surface area contributed by atoms with E-state index in [9.17, 15) is 8.42 Å². The molecule has 1 aromatic rings. The predicted octanol–water partition coefficient (Wildman–Crippen LogP) is 0.764. The molecule has 0 bridgehead atoms. The van der Waals surface area contributed by atoms with Crippen molar-refractivity contribution in [1.29, 1.82) is 0 Å². The van der Waals surface area contributed by atoms with E-state index in [-0.39, 0.29) is 4.90 Å². The minimum Gasteiger partial charge on any atom is -0.383 e. The van der Waals surface area contributed by atoms with Gasteiger partial charge in [-0.3, -0.25) is 0 Å². The van der Waals surface area contributed by atoms with E-state index in [0.717, 1.165) is 12.1 Å². The lowest BCUT2D eigenvalue weighted by Gasteiger charge is -2.16. The number of ether oxygens (including phenoxy) is 1. The van der Waals surface area contributed by atoms with Crippen LogP contribution in [0.4, 0.5) is 0 Å². The maximum atomic E-state index is 12.3. The van der Waals surface area contributed by atoms with Gasteiger partial charge in [-0.25, -0.2) is 13.1 Å². The van der Waals surface area contributed by atoms with Crippen LogP contribution < -0.4 is 10.5 Å². The van der Waals surface area contributed by atoms with Crippen LogP contribution in [0.5, 0.6) is 0 Å². The third-order valence-corrected chi connectivity index (χ3v) is 5.44. The van der Waals surface area contributed by atoms with E-state index in [4.69, 9.17) is 10.5 Å². The zero-order chi connectivity index (χ0) is 15.9. The van der Waals surface area contributed by atoms with Crippen molar-refractivity contribution in [3.8, 4) is 0 Å². The molecule has 21 heavy (non-hydrogen) atoms. The summed E-state index contributed by atoms with van der Waals surface area (Å²) in [5.41, 5.74) is 6.32. The van der Waals surface area contributed by atoms with Crippen LogP contribution in [-0.4, -0.2) is 53.7 Å². The minimum atomic E-state index is -3.55. The van der Waals surface area contributed by atoms with E-state index >= 15 is 0 Å². The fourth-order valence-electron chi connectivity index (χ4n) is 1.69. The summed E-state index contributed by atoms with van der Waals surface area (Å²) in [7, 11) is 0.00230. The Morgan fingerprint density at radius 1 is 1.38 bits per heavy atom. The molecule has 0 radical (unpaired) electrons. The summed E-state index contributed by atoms with van der Waals surface area (Å²) in [6.07, 6.45) is 0. The summed E-state index contributed by atoms with van der Waals surface area (Å²) in [4.78, 5) is 2.21. The molecule has 0 amide bonds. The van der Waals surface area contributed by atoms with Gasteiger partial charge >= 0.3 is 0 Å². The summed E-state index contributed by atoms with van der Waals surface area (Å²) in [5, 5.41) is 0. The molecule has 1 rings (SSSR count). The number of hydrogen-bond acceptors (Lipinski definition) is 5. The maximum Gasteiger partial charge on any atom is 0.241 e. The number of halogens is 1. The number of rotatable bonds is 9. The van der Waals surface area contributed by atoms with Crippen molar-refractivity contribution in [2.75, 3.05) is 40.4 Å². The molecule has 0 atom stereocenters. The number of nitrogens with one attached hydrogen (secondary N) is 1. The Hall–Kier alpha value is -0.510. The first kappa shape index (κ1) is 18.5. The van der Waals surface area contributed by atoms with Crippen LogP contribution in [0.2, 0.25) is 0 Å². The highest BCUT2D eigenvalue weighted by Crippen LogP contribution is 2.22. The second-order valence-corrected chi connectivity index (χ2v) is 7.25. The summed E-state index contributed by atoms with van der Waals surface area (Å²) >= 11 is 3.26. The number of sulfonamides is 1. The molecule has 0 saturated carbocycles. The van der Waals surface area contributed by atoms with Crippen molar-refractivity contribution in [1.82, 2.24) is 9.62 Å². The van der Waals surface area contributed by atoms with Crippen molar-refractivity contribution in [2.45, 2.75) is 11.4 Å². The summed E-state index contributed by atoms with van der Waals surface area (Å²) in [5.74, 6) is 0. The quantitative estimate of drug-likeness (QED) is 0.661. The Kier molecular flexibility index (Phi) is 7.78. The normalized spacial score (nSPS) is 12.0. The van der Waals surface area contributed by atoms with Crippen molar-refractivity contribution in [2.24, 2.45) is 5.73 Å². The molecule has 3 N–H and O–H groups in total. The van der Waals surface area contributed by atoms with Gasteiger partial charge in [-0.15, -0.1) is 0 Å². The molecular formula is C13H22BrN3O3S. The van der Waals surface area contributed by atoms with Crippen LogP contribution in [0, 0.1) is 0 Å². The van der Waals surface area contributed by atoms with Gasteiger partial charge in [-0.1, -0.05) is 6.07 Å². The van der Waals surface area contributed by atoms with Gasteiger partial charge in [-0.05, 0) is 40.7 Å². The Balaban J connectivity index is 2.65. The highest BCUT2D eigenvalue weighted by Gasteiger charge is 2.17. The molecule has 0 fully saturated rings. The maximum absolute atomic E-state index is 12.3. The number of nitrogens with zero attached hydrogens (tertiary/aromatic N) is 1. The number of likely N-dealkylation sites (N-methyl/N-ethyl adjacent to an activating group) is 1. The monoisotopic (exact) mass is 379 g/mol. The van der Waals surface area contributed by atoms with Crippen LogP contribution in [0.3, 0.4) is 0 Å². The molecular weight excluding hydrogens is 358 g/mol. The highest BCUT2D eigenvalue weighted by atomic mass is 79.9. The van der Waals surface area contributed by atoms with Crippen LogP contribution in [0.25, 0.3) is 0 Å². The molecule has 0 aromatic heterocycles.